The van der Waals surface area contributed by atoms with Crippen molar-refractivity contribution < 1.29 is 4.79 Å². The van der Waals surface area contributed by atoms with Crippen molar-refractivity contribution in [3.05, 3.63) is 21.7 Å². The number of amides is 1. The Morgan fingerprint density at radius 2 is 1.90 bits per heavy atom. The number of rotatable bonds is 2. The third-order valence-corrected chi connectivity index (χ3v) is 5.67. The number of nitrogens with two attached hydrogens (primary N) is 1. The van der Waals surface area contributed by atoms with E-state index >= 15 is 0 Å². The Bertz CT molecular complexity index is 714. The number of fused-ring (bicyclic) bond motifs is 1. The summed E-state index contributed by atoms with van der Waals surface area (Å²) in [6.07, 6.45) is 4.55. The Balaban J connectivity index is 2.01. The summed E-state index contributed by atoms with van der Waals surface area (Å²) in [6, 6.07) is 0.305. The number of aryl methyl sites for hydroxylation is 2. The van der Waals surface area contributed by atoms with Gasteiger partial charge in [-0.3, -0.25) is 4.79 Å². The number of hydrogen-bond donors (Lipinski definition) is 2. The molecule has 2 heterocycles. The molecule has 3 N–H and O–H groups in total. The molecule has 0 atom stereocenters. The van der Waals surface area contributed by atoms with Crippen molar-refractivity contribution in [2.24, 2.45) is 0 Å². The van der Waals surface area contributed by atoms with E-state index in [4.69, 9.17) is 5.73 Å². The van der Waals surface area contributed by atoms with Crippen LogP contribution in [0.4, 0.5) is 5.69 Å². The fourth-order valence-electron chi connectivity index (χ4n) is 3.06. The van der Waals surface area contributed by atoms with Gasteiger partial charge in [0, 0.05) is 17.1 Å². The number of pyridine rings is 1. The zero-order valence-corrected chi connectivity index (χ0v) is 13.6. The van der Waals surface area contributed by atoms with Crippen LogP contribution in [-0.2, 0) is 0 Å². The first kappa shape index (κ1) is 14.3. The molecule has 1 amide bonds. The summed E-state index contributed by atoms with van der Waals surface area (Å²) in [5, 5.41) is 4.05. The van der Waals surface area contributed by atoms with Crippen molar-refractivity contribution in [2.45, 2.75) is 52.5 Å². The first-order valence-corrected chi connectivity index (χ1v) is 8.27. The summed E-state index contributed by atoms with van der Waals surface area (Å²) < 4.78 is 0. The van der Waals surface area contributed by atoms with Gasteiger partial charge in [0.05, 0.1) is 5.69 Å². The van der Waals surface area contributed by atoms with Crippen molar-refractivity contribution in [3.8, 4) is 0 Å². The van der Waals surface area contributed by atoms with Crippen LogP contribution in [0.1, 0.15) is 52.2 Å². The van der Waals surface area contributed by atoms with Crippen LogP contribution in [0.25, 0.3) is 10.2 Å². The molecule has 0 bridgehead atoms. The van der Waals surface area contributed by atoms with Gasteiger partial charge in [0.2, 0.25) is 0 Å². The van der Waals surface area contributed by atoms with E-state index in [2.05, 4.69) is 10.3 Å². The minimum Gasteiger partial charge on any atom is -0.397 e. The highest BCUT2D eigenvalue weighted by Gasteiger charge is 2.23. The number of nitrogens with one attached hydrogen (secondary N) is 1. The molecule has 0 saturated heterocycles. The minimum atomic E-state index is -0.0443. The predicted octanol–water partition coefficient (Wildman–Crippen LogP) is 3.48. The van der Waals surface area contributed by atoms with Crippen LogP contribution in [0, 0.1) is 20.8 Å². The predicted molar refractivity (Wildman–Crippen MR) is 88.0 cm³/mol. The minimum absolute atomic E-state index is 0.0443. The number of carbonyl (C=O) groups is 1. The molecular weight excluding hydrogens is 282 g/mol. The maximum absolute atomic E-state index is 12.5. The molecule has 2 aromatic rings. The topological polar surface area (TPSA) is 68.0 Å². The van der Waals surface area contributed by atoms with E-state index in [-0.39, 0.29) is 5.91 Å². The molecule has 1 aliphatic carbocycles. The molecule has 0 unspecified atom stereocenters. The number of hydrogen-bond acceptors (Lipinski definition) is 4. The van der Waals surface area contributed by atoms with Gasteiger partial charge in [-0.05, 0) is 44.7 Å². The fraction of sp³-hybridized carbons (Fsp3) is 0.500. The molecular formula is C16H21N3OS. The molecule has 4 nitrogen and oxygen atoms in total. The van der Waals surface area contributed by atoms with Crippen LogP contribution in [0.2, 0.25) is 0 Å². The van der Waals surface area contributed by atoms with Crippen LogP contribution in [-0.4, -0.2) is 16.9 Å². The van der Waals surface area contributed by atoms with Crippen LogP contribution in [0.15, 0.2) is 0 Å². The summed E-state index contributed by atoms with van der Waals surface area (Å²) in [5.74, 6) is -0.0443. The van der Waals surface area contributed by atoms with Crippen molar-refractivity contribution in [1.29, 1.82) is 0 Å². The van der Waals surface area contributed by atoms with E-state index in [1.165, 1.54) is 24.2 Å². The smallest absolute Gasteiger partial charge is 0.263 e. The SMILES string of the molecule is Cc1nc2sc(C(=O)NC3CCCC3)c(N)c2c(C)c1C. The summed E-state index contributed by atoms with van der Waals surface area (Å²) in [4.78, 5) is 18.5. The number of nitrogen functional groups attached to an aromatic ring is 1. The number of carbonyl (C=O) groups excluding carboxylic acids is 1. The molecule has 5 heteroatoms. The Labute approximate surface area is 128 Å². The number of thiophene rings is 1. The average molecular weight is 303 g/mol. The zero-order chi connectivity index (χ0) is 15.1. The first-order chi connectivity index (χ1) is 9.99. The van der Waals surface area contributed by atoms with E-state index in [9.17, 15) is 4.79 Å². The third kappa shape index (κ3) is 2.39. The van der Waals surface area contributed by atoms with Gasteiger partial charge in [-0.2, -0.15) is 0 Å². The highest BCUT2D eigenvalue weighted by atomic mass is 32.1. The standard InChI is InChI=1S/C16H21N3OS/c1-8-9(2)12-13(17)14(21-16(12)18-10(8)3)15(20)19-11-6-4-5-7-11/h11H,4-7,17H2,1-3H3,(H,19,20). The summed E-state index contributed by atoms with van der Waals surface area (Å²) >= 11 is 1.40. The van der Waals surface area contributed by atoms with Gasteiger partial charge in [-0.25, -0.2) is 4.98 Å². The van der Waals surface area contributed by atoms with E-state index in [0.717, 1.165) is 39.9 Å². The van der Waals surface area contributed by atoms with E-state index in [1.54, 1.807) is 0 Å². The second kappa shape index (κ2) is 5.30. The quantitative estimate of drug-likeness (QED) is 0.892. The van der Waals surface area contributed by atoms with Crippen LogP contribution in [0.5, 0.6) is 0 Å². The molecule has 0 aromatic carbocycles. The molecule has 0 spiro atoms. The van der Waals surface area contributed by atoms with Gasteiger partial charge in [0.25, 0.3) is 5.91 Å². The molecule has 21 heavy (non-hydrogen) atoms. The van der Waals surface area contributed by atoms with Crippen molar-refractivity contribution in [1.82, 2.24) is 10.3 Å². The van der Waals surface area contributed by atoms with Gasteiger partial charge in [0.15, 0.2) is 0 Å². The van der Waals surface area contributed by atoms with Crippen LogP contribution in [0.3, 0.4) is 0 Å². The van der Waals surface area contributed by atoms with Crippen LogP contribution < -0.4 is 11.1 Å². The highest BCUT2D eigenvalue weighted by molar-refractivity contribution is 7.21. The zero-order valence-electron chi connectivity index (χ0n) is 12.7. The normalized spacial score (nSPS) is 15.8. The van der Waals surface area contributed by atoms with E-state index < -0.39 is 0 Å². The van der Waals surface area contributed by atoms with Gasteiger partial charge in [-0.1, -0.05) is 12.8 Å². The molecule has 0 radical (unpaired) electrons. The average Bonchev–Trinajstić information content (AvgIpc) is 3.04. The van der Waals surface area contributed by atoms with Gasteiger partial charge in [-0.15, -0.1) is 11.3 Å². The lowest BCUT2D eigenvalue weighted by molar-refractivity contribution is 0.0943. The molecule has 112 valence electrons. The maximum atomic E-state index is 12.5. The Hall–Kier alpha value is -1.62. The fourth-order valence-corrected chi connectivity index (χ4v) is 4.16. The second-order valence-electron chi connectivity index (χ2n) is 5.93. The molecule has 1 fully saturated rings. The monoisotopic (exact) mass is 303 g/mol. The largest absolute Gasteiger partial charge is 0.397 e. The molecule has 2 aromatic heterocycles. The summed E-state index contributed by atoms with van der Waals surface area (Å²) in [5.41, 5.74) is 10.1. The Morgan fingerprint density at radius 1 is 1.24 bits per heavy atom. The molecule has 3 rings (SSSR count). The summed E-state index contributed by atoms with van der Waals surface area (Å²) in [6.45, 7) is 6.09. The molecule has 1 aliphatic rings. The number of aromatic nitrogens is 1. The van der Waals surface area contributed by atoms with Gasteiger partial charge in [0.1, 0.15) is 9.71 Å². The van der Waals surface area contributed by atoms with E-state index in [0.29, 0.717) is 16.6 Å². The van der Waals surface area contributed by atoms with Gasteiger partial charge >= 0.3 is 0 Å². The highest BCUT2D eigenvalue weighted by Crippen LogP contribution is 2.36. The molecule has 1 saturated carbocycles. The van der Waals surface area contributed by atoms with E-state index in [1.807, 2.05) is 20.8 Å². The lowest BCUT2D eigenvalue weighted by atomic mass is 10.1. The van der Waals surface area contributed by atoms with Crippen molar-refractivity contribution in [3.63, 3.8) is 0 Å². The maximum Gasteiger partial charge on any atom is 0.263 e. The Kier molecular flexibility index (Phi) is 3.61. The lowest BCUT2D eigenvalue weighted by Gasteiger charge is -2.11. The number of nitrogens with zero attached hydrogens (tertiary/aromatic N) is 1. The molecule has 0 aliphatic heterocycles. The first-order valence-electron chi connectivity index (χ1n) is 7.45. The third-order valence-electron chi connectivity index (χ3n) is 4.57. The second-order valence-corrected chi connectivity index (χ2v) is 6.93. The van der Waals surface area contributed by atoms with Crippen molar-refractivity contribution in [2.75, 3.05) is 5.73 Å². The lowest BCUT2D eigenvalue weighted by Crippen LogP contribution is -2.32. The van der Waals surface area contributed by atoms with Crippen LogP contribution >= 0.6 is 11.3 Å². The van der Waals surface area contributed by atoms with Crippen molar-refractivity contribution >= 4 is 33.1 Å². The summed E-state index contributed by atoms with van der Waals surface area (Å²) in [7, 11) is 0. The van der Waals surface area contributed by atoms with Gasteiger partial charge < -0.3 is 11.1 Å². The number of anilines is 1. The Morgan fingerprint density at radius 3 is 2.57 bits per heavy atom.